The van der Waals surface area contributed by atoms with Crippen molar-refractivity contribution in [2.75, 3.05) is 30.8 Å². The van der Waals surface area contributed by atoms with Crippen LogP contribution in [-0.4, -0.2) is 53.0 Å². The van der Waals surface area contributed by atoms with Gasteiger partial charge in [-0.05, 0) is 42.7 Å². The molecule has 0 radical (unpaired) electrons. The van der Waals surface area contributed by atoms with Crippen LogP contribution in [0, 0.1) is 5.95 Å². The second kappa shape index (κ2) is 7.11. The maximum atomic E-state index is 14.5. The van der Waals surface area contributed by atoms with E-state index in [9.17, 15) is 9.18 Å². The molecule has 0 spiro atoms. The summed E-state index contributed by atoms with van der Waals surface area (Å²) in [7, 11) is 1.50. The first-order chi connectivity index (χ1) is 13.0. The Balaban J connectivity index is 1.49. The Labute approximate surface area is 157 Å². The van der Waals surface area contributed by atoms with Crippen LogP contribution in [0.2, 0.25) is 0 Å². The van der Waals surface area contributed by atoms with Crippen molar-refractivity contribution in [3.05, 3.63) is 47.7 Å². The second-order valence-corrected chi connectivity index (χ2v) is 7.14. The number of nitrogens with one attached hydrogen (secondary N) is 1. The number of halogens is 1. The van der Waals surface area contributed by atoms with Crippen molar-refractivity contribution in [1.29, 1.82) is 0 Å². The summed E-state index contributed by atoms with van der Waals surface area (Å²) in [5, 5.41) is 2.46. The molecule has 2 aliphatic rings. The Hall–Kier alpha value is -2.74. The van der Waals surface area contributed by atoms with Crippen LogP contribution < -0.4 is 16.0 Å². The summed E-state index contributed by atoms with van der Waals surface area (Å²) < 4.78 is 14.5. The number of hydrogen-bond acceptors (Lipinski definition) is 6. The number of aromatic nitrogens is 2. The fourth-order valence-corrected chi connectivity index (χ4v) is 4.17. The van der Waals surface area contributed by atoms with Gasteiger partial charge in [0.15, 0.2) is 0 Å². The van der Waals surface area contributed by atoms with Gasteiger partial charge in [0.05, 0.1) is 5.69 Å². The van der Waals surface area contributed by atoms with E-state index in [2.05, 4.69) is 25.1 Å². The SMILES string of the molecule is CNC(=O)c1ccc(N2CC3CCC(C2)N3Cc2ccnc(N)c2)c(F)n1. The standard InChI is InChI=1S/C19H23FN6O/c1-22-19(27)15-4-5-16(18(20)24-15)25-10-13-2-3-14(11-25)26(13)9-12-6-7-23-17(21)8-12/h4-8,13-14H,2-3,9-11H2,1H3,(H2,21,23)(H,22,27). The first-order valence-corrected chi connectivity index (χ1v) is 9.15. The quantitative estimate of drug-likeness (QED) is 0.792. The van der Waals surface area contributed by atoms with E-state index in [1.807, 2.05) is 12.1 Å². The fourth-order valence-electron chi connectivity index (χ4n) is 4.17. The number of pyridine rings is 2. The molecule has 2 aromatic heterocycles. The molecule has 8 heteroatoms. The highest BCUT2D eigenvalue weighted by atomic mass is 19.1. The number of fused-ring (bicyclic) bond motifs is 2. The van der Waals surface area contributed by atoms with Gasteiger partial charge in [-0.3, -0.25) is 9.69 Å². The molecule has 0 aliphatic carbocycles. The number of nitrogens with zero attached hydrogens (tertiary/aromatic N) is 4. The average molecular weight is 370 g/mol. The molecule has 1 amide bonds. The molecule has 2 saturated heterocycles. The first-order valence-electron chi connectivity index (χ1n) is 9.15. The Morgan fingerprint density at radius 1 is 1.30 bits per heavy atom. The zero-order valence-electron chi connectivity index (χ0n) is 15.2. The van der Waals surface area contributed by atoms with Crippen LogP contribution in [0.4, 0.5) is 15.9 Å². The van der Waals surface area contributed by atoms with E-state index in [1.165, 1.54) is 7.05 Å². The number of carbonyl (C=O) groups is 1. The van der Waals surface area contributed by atoms with E-state index in [-0.39, 0.29) is 11.6 Å². The van der Waals surface area contributed by atoms with Crippen molar-refractivity contribution in [2.45, 2.75) is 31.5 Å². The molecule has 2 fully saturated rings. The van der Waals surface area contributed by atoms with Gasteiger partial charge < -0.3 is 16.0 Å². The number of nitrogens with two attached hydrogens (primary N) is 1. The van der Waals surface area contributed by atoms with E-state index in [0.29, 0.717) is 23.6 Å². The van der Waals surface area contributed by atoms with E-state index < -0.39 is 5.95 Å². The molecule has 4 rings (SSSR count). The molecular weight excluding hydrogens is 347 g/mol. The Kier molecular flexibility index (Phi) is 4.65. The van der Waals surface area contributed by atoms with E-state index in [1.54, 1.807) is 18.3 Å². The molecule has 2 bridgehead atoms. The van der Waals surface area contributed by atoms with Crippen molar-refractivity contribution in [1.82, 2.24) is 20.2 Å². The number of piperazine rings is 1. The summed E-state index contributed by atoms with van der Waals surface area (Å²) in [4.78, 5) is 24.0. The summed E-state index contributed by atoms with van der Waals surface area (Å²) in [6, 6.07) is 7.85. The largest absolute Gasteiger partial charge is 0.384 e. The summed E-state index contributed by atoms with van der Waals surface area (Å²) in [5.41, 5.74) is 7.50. The monoisotopic (exact) mass is 370 g/mol. The maximum absolute atomic E-state index is 14.5. The molecule has 2 aromatic rings. The average Bonchev–Trinajstić information content (AvgIpc) is 2.89. The summed E-state index contributed by atoms with van der Waals surface area (Å²) in [5.74, 6) is -0.448. The lowest BCUT2D eigenvalue weighted by Gasteiger charge is -2.42. The van der Waals surface area contributed by atoms with Crippen molar-refractivity contribution in [3.8, 4) is 0 Å². The van der Waals surface area contributed by atoms with Crippen molar-refractivity contribution >= 4 is 17.4 Å². The normalized spacial score (nSPS) is 22.1. The third-order valence-electron chi connectivity index (χ3n) is 5.47. The van der Waals surface area contributed by atoms with E-state index in [0.717, 1.165) is 38.0 Å². The minimum Gasteiger partial charge on any atom is -0.384 e. The summed E-state index contributed by atoms with van der Waals surface area (Å²) in [6.45, 7) is 2.32. The molecule has 3 N–H and O–H groups in total. The highest BCUT2D eigenvalue weighted by molar-refractivity contribution is 5.92. The van der Waals surface area contributed by atoms with Gasteiger partial charge in [0.25, 0.3) is 5.91 Å². The fraction of sp³-hybridized carbons (Fsp3) is 0.421. The van der Waals surface area contributed by atoms with Crippen molar-refractivity contribution in [3.63, 3.8) is 0 Å². The van der Waals surface area contributed by atoms with Crippen LogP contribution in [0.5, 0.6) is 0 Å². The molecule has 2 unspecified atom stereocenters. The number of hydrogen-bond donors (Lipinski definition) is 2. The van der Waals surface area contributed by atoms with Gasteiger partial charge in [-0.2, -0.15) is 4.39 Å². The van der Waals surface area contributed by atoms with E-state index >= 15 is 0 Å². The molecular formula is C19H23FN6O. The van der Waals surface area contributed by atoms with Crippen LogP contribution in [0.15, 0.2) is 30.5 Å². The Bertz CT molecular complexity index is 846. The number of nitrogen functional groups attached to an aromatic ring is 1. The van der Waals surface area contributed by atoms with Gasteiger partial charge in [0.1, 0.15) is 11.5 Å². The van der Waals surface area contributed by atoms with Gasteiger partial charge >= 0.3 is 0 Å². The summed E-state index contributed by atoms with van der Waals surface area (Å²) in [6.07, 6.45) is 3.91. The lowest BCUT2D eigenvalue weighted by atomic mass is 10.1. The predicted octanol–water partition coefficient (Wildman–Crippen LogP) is 1.41. The third kappa shape index (κ3) is 3.44. The zero-order valence-corrected chi connectivity index (χ0v) is 15.2. The van der Waals surface area contributed by atoms with Gasteiger partial charge in [-0.15, -0.1) is 0 Å². The van der Waals surface area contributed by atoms with Crippen LogP contribution in [0.3, 0.4) is 0 Å². The van der Waals surface area contributed by atoms with Gasteiger partial charge in [0, 0.05) is 45.0 Å². The number of anilines is 2. The minimum absolute atomic E-state index is 0.0932. The molecule has 2 aliphatic heterocycles. The number of rotatable bonds is 4. The smallest absolute Gasteiger partial charge is 0.269 e. The van der Waals surface area contributed by atoms with Gasteiger partial charge in [0.2, 0.25) is 5.95 Å². The zero-order chi connectivity index (χ0) is 19.0. The molecule has 0 aromatic carbocycles. The lowest BCUT2D eigenvalue weighted by Crippen LogP contribution is -2.53. The number of amides is 1. The van der Waals surface area contributed by atoms with Gasteiger partial charge in [-0.25, -0.2) is 9.97 Å². The van der Waals surface area contributed by atoms with Crippen LogP contribution in [0.25, 0.3) is 0 Å². The molecule has 142 valence electrons. The Morgan fingerprint density at radius 3 is 2.67 bits per heavy atom. The third-order valence-corrected chi connectivity index (χ3v) is 5.47. The molecule has 7 nitrogen and oxygen atoms in total. The minimum atomic E-state index is -0.592. The topological polar surface area (TPSA) is 87.4 Å². The van der Waals surface area contributed by atoms with Crippen LogP contribution in [0.1, 0.15) is 28.9 Å². The highest BCUT2D eigenvalue weighted by Gasteiger charge is 2.40. The lowest BCUT2D eigenvalue weighted by molar-refractivity contribution is 0.0957. The van der Waals surface area contributed by atoms with E-state index in [4.69, 9.17) is 5.73 Å². The molecule has 0 saturated carbocycles. The van der Waals surface area contributed by atoms with Crippen molar-refractivity contribution in [2.24, 2.45) is 0 Å². The van der Waals surface area contributed by atoms with Crippen LogP contribution in [-0.2, 0) is 6.54 Å². The molecule has 4 heterocycles. The predicted molar refractivity (Wildman–Crippen MR) is 101 cm³/mol. The van der Waals surface area contributed by atoms with Gasteiger partial charge in [-0.1, -0.05) is 0 Å². The molecule has 2 atom stereocenters. The second-order valence-electron chi connectivity index (χ2n) is 7.14. The maximum Gasteiger partial charge on any atom is 0.269 e. The Morgan fingerprint density at radius 2 is 2.04 bits per heavy atom. The summed E-state index contributed by atoms with van der Waals surface area (Å²) >= 11 is 0. The first kappa shape index (κ1) is 17.7. The van der Waals surface area contributed by atoms with Crippen molar-refractivity contribution < 1.29 is 9.18 Å². The van der Waals surface area contributed by atoms with Crippen LogP contribution >= 0.6 is 0 Å². The molecule has 27 heavy (non-hydrogen) atoms. The number of carbonyl (C=O) groups excluding carboxylic acids is 1. The highest BCUT2D eigenvalue weighted by Crippen LogP contribution is 2.34.